The molecular formula is C17H18BrN3O4. The minimum absolute atomic E-state index is 0.119. The Kier molecular flexibility index (Phi) is 4.57. The SMILES string of the molecule is COc1cc(-n2cnn3cc(Br)cc3c2=O)ccc1OCC(C)(C)O. The maximum absolute atomic E-state index is 12.7. The molecule has 0 radical (unpaired) electrons. The number of aromatic nitrogens is 3. The molecule has 0 atom stereocenters. The van der Waals surface area contributed by atoms with Crippen molar-refractivity contribution in [3.05, 3.63) is 51.6 Å². The first-order valence-electron chi connectivity index (χ1n) is 7.57. The van der Waals surface area contributed by atoms with Gasteiger partial charge in [0.1, 0.15) is 18.5 Å². The topological polar surface area (TPSA) is 78.0 Å². The second-order valence-corrected chi connectivity index (χ2v) is 7.15. The zero-order valence-electron chi connectivity index (χ0n) is 14.1. The van der Waals surface area contributed by atoms with Crippen LogP contribution in [0.15, 0.2) is 46.1 Å². The number of fused-ring (bicyclic) bond motifs is 1. The molecule has 1 aromatic carbocycles. The van der Waals surface area contributed by atoms with Gasteiger partial charge >= 0.3 is 0 Å². The van der Waals surface area contributed by atoms with Crippen LogP contribution >= 0.6 is 15.9 Å². The summed E-state index contributed by atoms with van der Waals surface area (Å²) in [5.41, 5.74) is -0.105. The van der Waals surface area contributed by atoms with Crippen LogP contribution in [0, 0.1) is 0 Å². The number of hydrogen-bond donors (Lipinski definition) is 1. The fraction of sp³-hybridized carbons (Fsp3) is 0.294. The molecule has 3 aromatic rings. The lowest BCUT2D eigenvalue weighted by Crippen LogP contribution is -2.28. The maximum Gasteiger partial charge on any atom is 0.282 e. The summed E-state index contributed by atoms with van der Waals surface area (Å²) >= 11 is 3.34. The Morgan fingerprint density at radius 3 is 2.72 bits per heavy atom. The lowest BCUT2D eigenvalue weighted by molar-refractivity contribution is 0.0276. The van der Waals surface area contributed by atoms with E-state index in [-0.39, 0.29) is 12.2 Å². The highest BCUT2D eigenvalue weighted by atomic mass is 79.9. The molecule has 25 heavy (non-hydrogen) atoms. The van der Waals surface area contributed by atoms with Gasteiger partial charge in [-0.15, -0.1) is 0 Å². The largest absolute Gasteiger partial charge is 0.493 e. The molecular weight excluding hydrogens is 390 g/mol. The van der Waals surface area contributed by atoms with E-state index in [2.05, 4.69) is 21.0 Å². The number of rotatable bonds is 5. The summed E-state index contributed by atoms with van der Waals surface area (Å²) in [5, 5.41) is 14.0. The number of benzene rings is 1. The number of methoxy groups -OCH3 is 1. The molecule has 1 N–H and O–H groups in total. The van der Waals surface area contributed by atoms with Crippen molar-refractivity contribution in [1.29, 1.82) is 0 Å². The summed E-state index contributed by atoms with van der Waals surface area (Å²) < 4.78 is 14.7. The Labute approximate surface area is 152 Å². The number of ether oxygens (including phenoxy) is 2. The monoisotopic (exact) mass is 407 g/mol. The van der Waals surface area contributed by atoms with E-state index in [1.165, 1.54) is 22.5 Å². The molecule has 0 bridgehead atoms. The van der Waals surface area contributed by atoms with Gasteiger partial charge in [0.15, 0.2) is 11.5 Å². The third-order valence-electron chi connectivity index (χ3n) is 3.50. The van der Waals surface area contributed by atoms with Crippen LogP contribution in [-0.4, -0.2) is 38.6 Å². The molecule has 2 aromatic heterocycles. The standard InChI is InChI=1S/C17H18BrN3O4/c1-17(2,23)9-25-14-5-4-12(7-15(14)24-3)20-10-19-21-8-11(18)6-13(21)16(20)22/h4-8,10,23H,9H2,1-3H3. The predicted molar refractivity (Wildman–Crippen MR) is 96.8 cm³/mol. The predicted octanol–water partition coefficient (Wildman–Crippen LogP) is 2.41. The van der Waals surface area contributed by atoms with Gasteiger partial charge in [0.25, 0.3) is 5.56 Å². The van der Waals surface area contributed by atoms with Crippen molar-refractivity contribution in [2.75, 3.05) is 13.7 Å². The molecule has 7 nitrogen and oxygen atoms in total. The Bertz CT molecular complexity index is 972. The molecule has 0 saturated heterocycles. The van der Waals surface area contributed by atoms with Gasteiger partial charge in [-0.2, -0.15) is 5.10 Å². The summed E-state index contributed by atoms with van der Waals surface area (Å²) in [6.07, 6.45) is 3.17. The third-order valence-corrected chi connectivity index (χ3v) is 3.94. The Morgan fingerprint density at radius 1 is 1.28 bits per heavy atom. The molecule has 0 amide bonds. The van der Waals surface area contributed by atoms with Crippen molar-refractivity contribution in [1.82, 2.24) is 14.2 Å². The normalized spacial score (nSPS) is 11.7. The van der Waals surface area contributed by atoms with Gasteiger partial charge in [0.2, 0.25) is 0 Å². The van der Waals surface area contributed by atoms with Crippen molar-refractivity contribution in [2.45, 2.75) is 19.4 Å². The molecule has 132 valence electrons. The molecule has 8 heteroatoms. The Morgan fingerprint density at radius 2 is 2.04 bits per heavy atom. The zero-order valence-corrected chi connectivity index (χ0v) is 15.6. The highest BCUT2D eigenvalue weighted by Crippen LogP contribution is 2.29. The van der Waals surface area contributed by atoms with Crippen LogP contribution in [0.3, 0.4) is 0 Å². The van der Waals surface area contributed by atoms with Crippen molar-refractivity contribution >= 4 is 21.4 Å². The summed E-state index contributed by atoms with van der Waals surface area (Å²) in [5.74, 6) is 0.950. The lowest BCUT2D eigenvalue weighted by Gasteiger charge is -2.19. The highest BCUT2D eigenvalue weighted by molar-refractivity contribution is 9.10. The first-order chi connectivity index (χ1) is 11.8. The van der Waals surface area contributed by atoms with Crippen LogP contribution in [-0.2, 0) is 0 Å². The van der Waals surface area contributed by atoms with Gasteiger partial charge in [-0.1, -0.05) is 0 Å². The molecule has 0 aliphatic rings. The fourth-order valence-corrected chi connectivity index (χ4v) is 2.73. The van der Waals surface area contributed by atoms with Crippen molar-refractivity contribution in [3.8, 4) is 17.2 Å². The maximum atomic E-state index is 12.7. The molecule has 2 heterocycles. The second kappa shape index (κ2) is 6.53. The van der Waals surface area contributed by atoms with E-state index < -0.39 is 5.60 Å². The van der Waals surface area contributed by atoms with E-state index in [1.807, 2.05) is 0 Å². The lowest BCUT2D eigenvalue weighted by atomic mass is 10.2. The van der Waals surface area contributed by atoms with Gasteiger partial charge in [-0.3, -0.25) is 9.36 Å². The van der Waals surface area contributed by atoms with Crippen LogP contribution in [0.1, 0.15) is 13.8 Å². The Balaban J connectivity index is 2.01. The molecule has 0 saturated carbocycles. The average molecular weight is 408 g/mol. The van der Waals surface area contributed by atoms with E-state index in [1.54, 1.807) is 44.3 Å². The molecule has 0 aliphatic carbocycles. The van der Waals surface area contributed by atoms with Gasteiger partial charge in [-0.25, -0.2) is 4.52 Å². The van der Waals surface area contributed by atoms with E-state index in [4.69, 9.17) is 9.47 Å². The van der Waals surface area contributed by atoms with Crippen molar-refractivity contribution < 1.29 is 14.6 Å². The van der Waals surface area contributed by atoms with Gasteiger partial charge in [0.05, 0.1) is 18.4 Å². The first-order valence-corrected chi connectivity index (χ1v) is 8.37. The zero-order chi connectivity index (χ0) is 18.2. The number of halogens is 1. The van der Waals surface area contributed by atoms with E-state index in [0.29, 0.717) is 22.7 Å². The number of nitrogens with zero attached hydrogens (tertiary/aromatic N) is 3. The number of hydrogen-bond acceptors (Lipinski definition) is 5. The van der Waals surface area contributed by atoms with Crippen LogP contribution in [0.2, 0.25) is 0 Å². The molecule has 0 spiro atoms. The summed E-state index contributed by atoms with van der Waals surface area (Å²) in [7, 11) is 1.52. The quantitative estimate of drug-likeness (QED) is 0.702. The van der Waals surface area contributed by atoms with Crippen molar-refractivity contribution in [3.63, 3.8) is 0 Å². The molecule has 0 unspecified atom stereocenters. The van der Waals surface area contributed by atoms with E-state index in [0.717, 1.165) is 4.47 Å². The van der Waals surface area contributed by atoms with Gasteiger partial charge < -0.3 is 14.6 Å². The van der Waals surface area contributed by atoms with Crippen LogP contribution < -0.4 is 15.0 Å². The fourth-order valence-electron chi connectivity index (χ4n) is 2.32. The van der Waals surface area contributed by atoms with Crippen LogP contribution in [0.25, 0.3) is 11.2 Å². The third kappa shape index (κ3) is 3.69. The molecule has 3 rings (SSSR count). The minimum atomic E-state index is -0.960. The highest BCUT2D eigenvalue weighted by Gasteiger charge is 2.16. The van der Waals surface area contributed by atoms with E-state index >= 15 is 0 Å². The van der Waals surface area contributed by atoms with Crippen molar-refractivity contribution in [2.24, 2.45) is 0 Å². The average Bonchev–Trinajstić information content (AvgIpc) is 2.94. The summed E-state index contributed by atoms with van der Waals surface area (Å²) in [4.78, 5) is 12.7. The number of aliphatic hydroxyl groups is 1. The van der Waals surface area contributed by atoms with Crippen LogP contribution in [0.4, 0.5) is 0 Å². The van der Waals surface area contributed by atoms with Gasteiger partial charge in [-0.05, 0) is 48.0 Å². The summed E-state index contributed by atoms with van der Waals surface area (Å²) in [6.45, 7) is 3.43. The van der Waals surface area contributed by atoms with E-state index in [9.17, 15) is 9.90 Å². The first kappa shape index (κ1) is 17.5. The van der Waals surface area contributed by atoms with Crippen LogP contribution in [0.5, 0.6) is 11.5 Å². The smallest absolute Gasteiger partial charge is 0.282 e. The Hall–Kier alpha value is -2.32. The molecule has 0 aliphatic heterocycles. The summed E-state index contributed by atoms with van der Waals surface area (Å²) in [6, 6.07) is 6.84. The second-order valence-electron chi connectivity index (χ2n) is 6.23. The molecule has 0 fully saturated rings. The van der Waals surface area contributed by atoms with Gasteiger partial charge in [0, 0.05) is 16.7 Å². The minimum Gasteiger partial charge on any atom is -0.493 e.